The molecule has 4 rings (SSSR count). The van der Waals surface area contributed by atoms with Crippen molar-refractivity contribution in [2.75, 3.05) is 40.4 Å². The molecule has 1 aliphatic rings. The van der Waals surface area contributed by atoms with Crippen LogP contribution >= 0.6 is 0 Å². The van der Waals surface area contributed by atoms with Crippen LogP contribution in [-0.4, -0.2) is 55.4 Å². The third-order valence-corrected chi connectivity index (χ3v) is 5.03. The molecule has 1 aliphatic heterocycles. The molecule has 0 bridgehead atoms. The minimum absolute atomic E-state index is 0.673. The zero-order chi connectivity index (χ0) is 19.3. The van der Waals surface area contributed by atoms with Gasteiger partial charge in [0.1, 0.15) is 0 Å². The smallest absolute Gasteiger partial charge is 0.202 e. The third kappa shape index (κ3) is 4.21. The van der Waals surface area contributed by atoms with E-state index in [0.29, 0.717) is 11.5 Å². The lowest BCUT2D eigenvalue weighted by Crippen LogP contribution is -2.45. The molecule has 2 aromatic heterocycles. The van der Waals surface area contributed by atoms with E-state index in [0.717, 1.165) is 56.5 Å². The van der Waals surface area contributed by atoms with Crippen molar-refractivity contribution in [2.24, 2.45) is 0 Å². The van der Waals surface area contributed by atoms with Crippen molar-refractivity contribution in [3.8, 4) is 23.0 Å². The van der Waals surface area contributed by atoms with Gasteiger partial charge in [-0.2, -0.15) is 0 Å². The second kappa shape index (κ2) is 8.50. The Morgan fingerprint density at radius 3 is 2.32 bits per heavy atom. The number of piperazine rings is 1. The first-order chi connectivity index (χ1) is 13.7. The van der Waals surface area contributed by atoms with Gasteiger partial charge in [0.05, 0.1) is 26.2 Å². The molecule has 148 valence electrons. The zero-order valence-corrected chi connectivity index (χ0v) is 16.3. The van der Waals surface area contributed by atoms with E-state index >= 15 is 0 Å². The summed E-state index contributed by atoms with van der Waals surface area (Å²) < 4.78 is 21.5. The number of ether oxygens (including phenoxy) is 2. The molecular weight excluding hydrogens is 358 g/mol. The first kappa shape index (κ1) is 18.6. The Bertz CT molecular complexity index is 883. The van der Waals surface area contributed by atoms with Gasteiger partial charge in [0.15, 0.2) is 17.3 Å². The summed E-state index contributed by atoms with van der Waals surface area (Å²) >= 11 is 0. The van der Waals surface area contributed by atoms with E-state index in [4.69, 9.17) is 18.4 Å². The van der Waals surface area contributed by atoms with Crippen LogP contribution in [0.1, 0.15) is 11.3 Å². The van der Waals surface area contributed by atoms with Crippen molar-refractivity contribution in [3.05, 3.63) is 53.9 Å². The van der Waals surface area contributed by atoms with Crippen LogP contribution in [-0.2, 0) is 13.1 Å². The molecule has 0 saturated carbocycles. The molecule has 7 heteroatoms. The third-order valence-electron chi connectivity index (χ3n) is 5.03. The highest BCUT2D eigenvalue weighted by atomic mass is 16.5. The first-order valence-corrected chi connectivity index (χ1v) is 9.40. The van der Waals surface area contributed by atoms with Crippen LogP contribution in [0.4, 0.5) is 0 Å². The van der Waals surface area contributed by atoms with E-state index in [1.807, 2.05) is 24.3 Å². The summed E-state index contributed by atoms with van der Waals surface area (Å²) in [6.07, 6.45) is 1.63. The first-order valence-electron chi connectivity index (χ1n) is 9.40. The highest BCUT2D eigenvalue weighted by molar-refractivity contribution is 5.49. The highest BCUT2D eigenvalue weighted by Crippen LogP contribution is 2.28. The number of furan rings is 1. The maximum absolute atomic E-state index is 5.40. The number of nitrogens with zero attached hydrogens (tertiary/aromatic N) is 3. The monoisotopic (exact) mass is 383 g/mol. The maximum Gasteiger partial charge on any atom is 0.202 e. The van der Waals surface area contributed by atoms with Gasteiger partial charge in [0, 0.05) is 45.3 Å². The fourth-order valence-corrected chi connectivity index (χ4v) is 3.49. The maximum atomic E-state index is 5.40. The summed E-state index contributed by atoms with van der Waals surface area (Å²) in [5, 5.41) is 4.17. The number of aromatic nitrogens is 1. The fourth-order valence-electron chi connectivity index (χ4n) is 3.49. The lowest BCUT2D eigenvalue weighted by atomic mass is 10.1. The number of methoxy groups -OCH3 is 2. The molecule has 3 heterocycles. The van der Waals surface area contributed by atoms with Crippen molar-refractivity contribution >= 4 is 0 Å². The predicted octanol–water partition coefficient (Wildman–Crippen LogP) is 3.27. The molecule has 0 aliphatic carbocycles. The summed E-state index contributed by atoms with van der Waals surface area (Å²) in [6.45, 7) is 5.70. The second-order valence-corrected chi connectivity index (χ2v) is 6.90. The average Bonchev–Trinajstić information content (AvgIpc) is 3.41. The zero-order valence-electron chi connectivity index (χ0n) is 16.3. The lowest BCUT2D eigenvalue weighted by molar-refractivity contribution is 0.120. The number of benzene rings is 1. The van der Waals surface area contributed by atoms with E-state index < -0.39 is 0 Å². The van der Waals surface area contributed by atoms with Gasteiger partial charge < -0.3 is 18.4 Å². The Morgan fingerprint density at radius 2 is 1.64 bits per heavy atom. The quantitative estimate of drug-likeness (QED) is 0.620. The van der Waals surface area contributed by atoms with Gasteiger partial charge in [-0.05, 0) is 29.8 Å². The fraction of sp³-hybridized carbons (Fsp3) is 0.381. The number of hydrogen-bond donors (Lipinski definition) is 0. The second-order valence-electron chi connectivity index (χ2n) is 6.90. The van der Waals surface area contributed by atoms with E-state index in [2.05, 4.69) is 27.1 Å². The number of rotatable bonds is 7. The molecule has 0 radical (unpaired) electrons. The van der Waals surface area contributed by atoms with Crippen molar-refractivity contribution in [2.45, 2.75) is 13.1 Å². The van der Waals surface area contributed by atoms with Gasteiger partial charge in [-0.3, -0.25) is 9.80 Å². The van der Waals surface area contributed by atoms with Crippen LogP contribution in [0, 0.1) is 0 Å². The molecule has 28 heavy (non-hydrogen) atoms. The van der Waals surface area contributed by atoms with Crippen LogP contribution in [0.25, 0.3) is 11.5 Å². The van der Waals surface area contributed by atoms with E-state index in [1.54, 1.807) is 20.5 Å². The summed E-state index contributed by atoms with van der Waals surface area (Å²) in [4.78, 5) is 4.85. The molecule has 0 spiro atoms. The minimum atomic E-state index is 0.673. The van der Waals surface area contributed by atoms with Crippen LogP contribution in [0.2, 0.25) is 0 Å². The molecular formula is C21H25N3O4. The minimum Gasteiger partial charge on any atom is -0.493 e. The molecule has 7 nitrogen and oxygen atoms in total. The molecule has 1 aromatic carbocycles. The van der Waals surface area contributed by atoms with E-state index in [-0.39, 0.29) is 0 Å². The SMILES string of the molecule is COc1ccc(CN2CCN(Cc3cc(-c4ccco4)on3)CC2)cc1OC. The Labute approximate surface area is 164 Å². The Balaban J connectivity index is 1.29. The lowest BCUT2D eigenvalue weighted by Gasteiger charge is -2.34. The summed E-state index contributed by atoms with van der Waals surface area (Å²) in [5.41, 5.74) is 2.16. The van der Waals surface area contributed by atoms with Crippen LogP contribution in [0.15, 0.2) is 51.6 Å². The van der Waals surface area contributed by atoms with Gasteiger partial charge in [-0.25, -0.2) is 0 Å². The topological polar surface area (TPSA) is 64.1 Å². The standard InChI is InChI=1S/C21H25N3O4/c1-25-18-6-5-16(12-20(18)26-2)14-23-7-9-24(10-8-23)15-17-13-21(28-22-17)19-4-3-11-27-19/h3-6,11-13H,7-10,14-15H2,1-2H3. The predicted molar refractivity (Wildman–Crippen MR) is 104 cm³/mol. The Morgan fingerprint density at radius 1 is 0.893 bits per heavy atom. The normalized spacial score (nSPS) is 15.6. The van der Waals surface area contributed by atoms with Crippen LogP contribution in [0.3, 0.4) is 0 Å². The largest absolute Gasteiger partial charge is 0.493 e. The molecule has 0 unspecified atom stereocenters. The summed E-state index contributed by atoms with van der Waals surface area (Å²) in [6, 6.07) is 11.8. The van der Waals surface area contributed by atoms with Gasteiger partial charge in [0.25, 0.3) is 0 Å². The van der Waals surface area contributed by atoms with Gasteiger partial charge >= 0.3 is 0 Å². The summed E-state index contributed by atoms with van der Waals surface area (Å²) in [7, 11) is 3.32. The van der Waals surface area contributed by atoms with Crippen molar-refractivity contribution < 1.29 is 18.4 Å². The Hall–Kier alpha value is -2.77. The van der Waals surface area contributed by atoms with Crippen molar-refractivity contribution in [1.82, 2.24) is 15.0 Å². The molecule has 0 N–H and O–H groups in total. The van der Waals surface area contributed by atoms with Crippen LogP contribution in [0.5, 0.6) is 11.5 Å². The highest BCUT2D eigenvalue weighted by Gasteiger charge is 2.19. The van der Waals surface area contributed by atoms with Crippen molar-refractivity contribution in [3.63, 3.8) is 0 Å². The van der Waals surface area contributed by atoms with Crippen molar-refractivity contribution in [1.29, 1.82) is 0 Å². The molecule has 1 saturated heterocycles. The number of hydrogen-bond acceptors (Lipinski definition) is 7. The van der Waals surface area contributed by atoms with E-state index in [9.17, 15) is 0 Å². The molecule has 1 fully saturated rings. The van der Waals surface area contributed by atoms with Crippen LogP contribution < -0.4 is 9.47 Å². The van der Waals surface area contributed by atoms with Gasteiger partial charge in [-0.15, -0.1) is 0 Å². The molecule has 0 atom stereocenters. The van der Waals surface area contributed by atoms with Gasteiger partial charge in [0.2, 0.25) is 5.76 Å². The average molecular weight is 383 g/mol. The van der Waals surface area contributed by atoms with E-state index in [1.165, 1.54) is 5.56 Å². The Kier molecular flexibility index (Phi) is 5.64. The molecule has 0 amide bonds. The molecule has 3 aromatic rings. The summed E-state index contributed by atoms with van der Waals surface area (Å²) in [5.74, 6) is 2.92. The van der Waals surface area contributed by atoms with Gasteiger partial charge in [-0.1, -0.05) is 11.2 Å².